The molecule has 2 unspecified atom stereocenters. The third-order valence-corrected chi connectivity index (χ3v) is 5.95. The Morgan fingerprint density at radius 1 is 1.07 bits per heavy atom. The zero-order valence-electron chi connectivity index (χ0n) is 16.0. The number of ketones is 1. The van der Waals surface area contributed by atoms with Crippen LogP contribution in [0.1, 0.15) is 56.1 Å². The minimum Gasteiger partial charge on any atom is -0.508 e. The van der Waals surface area contributed by atoms with Gasteiger partial charge in [-0.15, -0.1) is 0 Å². The van der Waals surface area contributed by atoms with E-state index in [4.69, 9.17) is 0 Å². The van der Waals surface area contributed by atoms with Crippen molar-refractivity contribution in [3.63, 3.8) is 0 Å². The van der Waals surface area contributed by atoms with Crippen LogP contribution in [0.5, 0.6) is 5.75 Å². The molecule has 1 aromatic carbocycles. The van der Waals surface area contributed by atoms with Crippen molar-refractivity contribution in [2.45, 2.75) is 44.9 Å². The molecule has 138 valence electrons. The van der Waals surface area contributed by atoms with Gasteiger partial charge in [0.2, 0.25) is 0 Å². The number of carbonyl (C=O) groups excluding carboxylic acids is 1. The van der Waals surface area contributed by atoms with E-state index in [0.717, 1.165) is 29.5 Å². The van der Waals surface area contributed by atoms with Crippen LogP contribution >= 0.6 is 0 Å². The molecule has 0 saturated carbocycles. The Kier molecular flexibility index (Phi) is 4.73. The van der Waals surface area contributed by atoms with Crippen molar-refractivity contribution in [2.24, 2.45) is 5.92 Å². The number of allylic oxidation sites excluding steroid dienone is 10. The van der Waals surface area contributed by atoms with Crippen LogP contribution in [0.15, 0.2) is 77.5 Å². The monoisotopic (exact) mass is 358 g/mol. The lowest BCUT2D eigenvalue weighted by Crippen LogP contribution is -2.19. The first kappa shape index (κ1) is 17.8. The molecule has 2 atom stereocenters. The predicted octanol–water partition coefficient (Wildman–Crippen LogP) is 5.89. The van der Waals surface area contributed by atoms with Gasteiger partial charge in [0.05, 0.1) is 0 Å². The molecule has 0 radical (unpaired) electrons. The first-order valence-electron chi connectivity index (χ1n) is 9.84. The second-order valence-corrected chi connectivity index (χ2v) is 8.01. The molecule has 2 heteroatoms. The Balaban J connectivity index is 1.68. The van der Waals surface area contributed by atoms with Gasteiger partial charge < -0.3 is 5.11 Å². The maximum atomic E-state index is 13.2. The van der Waals surface area contributed by atoms with Crippen molar-refractivity contribution in [1.82, 2.24) is 0 Å². The van der Waals surface area contributed by atoms with Crippen LogP contribution in [0.2, 0.25) is 0 Å². The molecule has 0 aliphatic heterocycles. The average Bonchev–Trinajstić information content (AvgIpc) is 3.41. The van der Waals surface area contributed by atoms with Crippen LogP contribution in [-0.2, 0) is 4.79 Å². The highest BCUT2D eigenvalue weighted by Crippen LogP contribution is 2.47. The minimum absolute atomic E-state index is 0.00304. The number of benzene rings is 1. The standard InChI is InChI=1S/C25H26O2/c1-16(2)19-11-12-21(24(26)15-19)22-13-20(17-7-3-4-8-17)14-23(22)25(27)18-9-5-6-10-18/h3-7,9,11-12,14-16,22-23,26H,8,10,13H2,1-2H3. The zero-order chi connectivity index (χ0) is 19.0. The van der Waals surface area contributed by atoms with Crippen LogP contribution in [0.25, 0.3) is 0 Å². The van der Waals surface area contributed by atoms with Gasteiger partial charge in [-0.25, -0.2) is 0 Å². The van der Waals surface area contributed by atoms with Crippen LogP contribution in [0, 0.1) is 5.92 Å². The van der Waals surface area contributed by atoms with E-state index in [-0.39, 0.29) is 17.6 Å². The smallest absolute Gasteiger partial charge is 0.166 e. The Morgan fingerprint density at radius 3 is 2.48 bits per heavy atom. The highest BCUT2D eigenvalue weighted by Gasteiger charge is 2.37. The van der Waals surface area contributed by atoms with Gasteiger partial charge in [-0.2, -0.15) is 0 Å². The number of carbonyl (C=O) groups is 1. The van der Waals surface area contributed by atoms with Crippen LogP contribution in [-0.4, -0.2) is 10.9 Å². The number of phenolic OH excluding ortho intramolecular Hbond substituents is 1. The molecule has 3 aliphatic carbocycles. The van der Waals surface area contributed by atoms with Gasteiger partial charge in [0, 0.05) is 11.8 Å². The lowest BCUT2D eigenvalue weighted by molar-refractivity contribution is -0.118. The summed E-state index contributed by atoms with van der Waals surface area (Å²) >= 11 is 0. The fourth-order valence-corrected chi connectivity index (χ4v) is 4.33. The number of Topliss-reactive ketones (excluding diaryl/α,β-unsaturated/α-hetero) is 1. The van der Waals surface area contributed by atoms with Crippen molar-refractivity contribution >= 4 is 5.78 Å². The normalized spacial score (nSPS) is 23.7. The van der Waals surface area contributed by atoms with E-state index < -0.39 is 0 Å². The summed E-state index contributed by atoms with van der Waals surface area (Å²) in [6.45, 7) is 4.24. The first-order valence-corrected chi connectivity index (χ1v) is 9.84. The van der Waals surface area contributed by atoms with Gasteiger partial charge >= 0.3 is 0 Å². The predicted molar refractivity (Wildman–Crippen MR) is 110 cm³/mol. The maximum Gasteiger partial charge on any atom is 0.166 e. The zero-order valence-corrected chi connectivity index (χ0v) is 16.0. The summed E-state index contributed by atoms with van der Waals surface area (Å²) in [6.07, 6.45) is 16.9. The minimum atomic E-state index is -0.205. The van der Waals surface area contributed by atoms with Crippen LogP contribution in [0.4, 0.5) is 0 Å². The summed E-state index contributed by atoms with van der Waals surface area (Å²) in [7, 11) is 0. The van der Waals surface area contributed by atoms with E-state index in [1.165, 1.54) is 11.1 Å². The number of hydrogen-bond donors (Lipinski definition) is 1. The SMILES string of the molecule is CC(C)c1ccc(C2CC(C3=CC=CC3)=CC2C(=O)C2=CC=CC2)c(O)c1. The summed E-state index contributed by atoms with van der Waals surface area (Å²) in [5.74, 6) is 0.666. The molecule has 4 rings (SSSR count). The van der Waals surface area contributed by atoms with Gasteiger partial charge in [-0.1, -0.05) is 68.5 Å². The molecule has 0 saturated heterocycles. The van der Waals surface area contributed by atoms with Crippen molar-refractivity contribution in [3.05, 3.63) is 88.6 Å². The summed E-state index contributed by atoms with van der Waals surface area (Å²) < 4.78 is 0. The van der Waals surface area contributed by atoms with Crippen molar-refractivity contribution in [3.8, 4) is 5.75 Å². The molecule has 0 fully saturated rings. The number of phenols is 1. The van der Waals surface area contributed by atoms with Gasteiger partial charge in [0.25, 0.3) is 0 Å². The highest BCUT2D eigenvalue weighted by molar-refractivity contribution is 6.00. The highest BCUT2D eigenvalue weighted by atomic mass is 16.3. The molecule has 2 nitrogen and oxygen atoms in total. The fourth-order valence-electron chi connectivity index (χ4n) is 4.33. The molecular formula is C25H26O2. The number of hydrogen-bond acceptors (Lipinski definition) is 2. The van der Waals surface area contributed by atoms with Crippen LogP contribution in [0.3, 0.4) is 0 Å². The average molecular weight is 358 g/mol. The Morgan fingerprint density at radius 2 is 1.85 bits per heavy atom. The van der Waals surface area contributed by atoms with E-state index >= 15 is 0 Å². The summed E-state index contributed by atoms with van der Waals surface area (Å²) in [5, 5.41) is 10.7. The first-order chi connectivity index (χ1) is 13.0. The molecule has 0 amide bonds. The molecule has 0 spiro atoms. The van der Waals surface area contributed by atoms with E-state index in [0.29, 0.717) is 18.1 Å². The Labute approximate surface area is 161 Å². The molecule has 0 heterocycles. The van der Waals surface area contributed by atoms with E-state index in [1.807, 2.05) is 30.4 Å². The third kappa shape index (κ3) is 3.37. The van der Waals surface area contributed by atoms with E-state index in [9.17, 15) is 9.90 Å². The number of rotatable bonds is 5. The summed E-state index contributed by atoms with van der Waals surface area (Å²) in [6, 6.07) is 5.98. The van der Waals surface area contributed by atoms with E-state index in [1.54, 1.807) is 0 Å². The second kappa shape index (κ2) is 7.19. The molecule has 27 heavy (non-hydrogen) atoms. The number of aromatic hydroxyl groups is 1. The topological polar surface area (TPSA) is 37.3 Å². The van der Waals surface area contributed by atoms with Crippen LogP contribution < -0.4 is 0 Å². The van der Waals surface area contributed by atoms with Crippen molar-refractivity contribution in [1.29, 1.82) is 0 Å². The summed E-state index contributed by atoms with van der Waals surface area (Å²) in [5.41, 5.74) is 5.44. The van der Waals surface area contributed by atoms with Gasteiger partial charge in [-0.3, -0.25) is 4.79 Å². The summed E-state index contributed by atoms with van der Waals surface area (Å²) in [4.78, 5) is 13.2. The van der Waals surface area contributed by atoms with E-state index in [2.05, 4.69) is 44.2 Å². The molecule has 1 N–H and O–H groups in total. The molecular weight excluding hydrogens is 332 g/mol. The fraction of sp³-hybridized carbons (Fsp3) is 0.320. The third-order valence-electron chi connectivity index (χ3n) is 5.95. The van der Waals surface area contributed by atoms with Gasteiger partial charge in [0.15, 0.2) is 5.78 Å². The van der Waals surface area contributed by atoms with Crippen molar-refractivity contribution in [2.75, 3.05) is 0 Å². The molecule has 0 bridgehead atoms. The quantitative estimate of drug-likeness (QED) is 0.713. The molecule has 3 aliphatic rings. The van der Waals surface area contributed by atoms with Gasteiger partial charge in [0.1, 0.15) is 5.75 Å². The molecule has 0 aromatic heterocycles. The Hall–Kier alpha value is -2.61. The largest absolute Gasteiger partial charge is 0.508 e. The maximum absolute atomic E-state index is 13.2. The lowest BCUT2D eigenvalue weighted by Gasteiger charge is -2.21. The molecule has 1 aromatic rings. The Bertz CT molecular complexity index is 922. The lowest BCUT2D eigenvalue weighted by atomic mass is 9.81. The van der Waals surface area contributed by atoms with Gasteiger partial charge in [-0.05, 0) is 59.1 Å². The second-order valence-electron chi connectivity index (χ2n) is 8.01. The van der Waals surface area contributed by atoms with Crippen molar-refractivity contribution < 1.29 is 9.90 Å².